The van der Waals surface area contributed by atoms with Gasteiger partial charge in [0.25, 0.3) is 0 Å². The summed E-state index contributed by atoms with van der Waals surface area (Å²) in [4.78, 5) is 13.4. The van der Waals surface area contributed by atoms with Gasteiger partial charge in [0, 0.05) is 13.0 Å². The normalized spacial score (nSPS) is 21.3. The van der Waals surface area contributed by atoms with Crippen LogP contribution in [0.25, 0.3) is 0 Å². The molecule has 3 heteroatoms. The molecule has 0 bridgehead atoms. The molecule has 0 spiro atoms. The highest BCUT2D eigenvalue weighted by atomic mass is 16.5. The van der Waals surface area contributed by atoms with Crippen molar-refractivity contribution in [1.29, 1.82) is 0 Å². The van der Waals surface area contributed by atoms with E-state index in [9.17, 15) is 4.79 Å². The van der Waals surface area contributed by atoms with Crippen molar-refractivity contribution in [3.8, 4) is 0 Å². The van der Waals surface area contributed by atoms with Crippen LogP contribution in [0.4, 0.5) is 0 Å². The smallest absolute Gasteiger partial charge is 0.305 e. The number of likely N-dealkylation sites (tertiary alicyclic amines) is 1. The van der Waals surface area contributed by atoms with Gasteiger partial charge in [-0.15, -0.1) is 0 Å². The molecule has 0 saturated carbocycles. The summed E-state index contributed by atoms with van der Waals surface area (Å²) in [7, 11) is 1.45. The van der Waals surface area contributed by atoms with Gasteiger partial charge in [-0.1, -0.05) is 13.8 Å². The summed E-state index contributed by atoms with van der Waals surface area (Å²) >= 11 is 0. The number of nitrogens with zero attached hydrogens (tertiary/aromatic N) is 1. The molecule has 1 heterocycles. The van der Waals surface area contributed by atoms with Crippen LogP contribution in [0.5, 0.6) is 0 Å². The summed E-state index contributed by atoms with van der Waals surface area (Å²) in [6.45, 7) is 8.01. The lowest BCUT2D eigenvalue weighted by molar-refractivity contribution is -0.140. The Morgan fingerprint density at radius 2 is 2.20 bits per heavy atom. The Morgan fingerprint density at radius 3 is 2.80 bits per heavy atom. The van der Waals surface area contributed by atoms with Gasteiger partial charge in [-0.05, 0) is 37.8 Å². The van der Waals surface area contributed by atoms with E-state index in [1.54, 1.807) is 0 Å². The first kappa shape index (κ1) is 12.5. The summed E-state index contributed by atoms with van der Waals surface area (Å²) in [5.74, 6) is -0.0914. The molecule has 0 amide bonds. The first-order valence-electron chi connectivity index (χ1n) is 5.83. The molecule has 1 fully saturated rings. The van der Waals surface area contributed by atoms with E-state index in [4.69, 9.17) is 0 Å². The van der Waals surface area contributed by atoms with Gasteiger partial charge in [0.2, 0.25) is 0 Å². The van der Waals surface area contributed by atoms with Gasteiger partial charge >= 0.3 is 5.97 Å². The number of carbonyl (C=O) groups is 1. The van der Waals surface area contributed by atoms with Crippen LogP contribution >= 0.6 is 0 Å². The van der Waals surface area contributed by atoms with Crippen molar-refractivity contribution < 1.29 is 9.53 Å². The van der Waals surface area contributed by atoms with Crippen molar-refractivity contribution in [2.75, 3.05) is 26.7 Å². The lowest BCUT2D eigenvalue weighted by Gasteiger charge is -2.38. The van der Waals surface area contributed by atoms with Crippen LogP contribution in [-0.4, -0.2) is 37.6 Å². The first-order valence-corrected chi connectivity index (χ1v) is 5.83. The summed E-state index contributed by atoms with van der Waals surface area (Å²) in [5.41, 5.74) is 0.448. The monoisotopic (exact) mass is 213 g/mol. The average Bonchev–Trinajstić information content (AvgIpc) is 2.16. The van der Waals surface area contributed by atoms with Crippen LogP contribution in [0.3, 0.4) is 0 Å². The second-order valence-corrected chi connectivity index (χ2v) is 5.22. The fourth-order valence-electron chi connectivity index (χ4n) is 2.28. The van der Waals surface area contributed by atoms with E-state index in [2.05, 4.69) is 23.5 Å². The molecule has 0 aromatic rings. The Hall–Kier alpha value is -0.570. The fourth-order valence-corrected chi connectivity index (χ4v) is 2.28. The van der Waals surface area contributed by atoms with Gasteiger partial charge in [0.15, 0.2) is 0 Å². The predicted molar refractivity (Wildman–Crippen MR) is 60.7 cm³/mol. The number of methoxy groups -OCH3 is 1. The van der Waals surface area contributed by atoms with Crippen molar-refractivity contribution in [2.45, 2.75) is 39.5 Å². The minimum absolute atomic E-state index is 0.0914. The summed E-state index contributed by atoms with van der Waals surface area (Å²) in [6, 6.07) is 0. The van der Waals surface area contributed by atoms with E-state index in [1.807, 2.05) is 0 Å². The Kier molecular flexibility index (Phi) is 4.58. The van der Waals surface area contributed by atoms with Crippen LogP contribution in [0.15, 0.2) is 0 Å². The topological polar surface area (TPSA) is 29.5 Å². The second kappa shape index (κ2) is 5.50. The summed E-state index contributed by atoms with van der Waals surface area (Å²) in [6.07, 6.45) is 4.07. The molecule has 0 radical (unpaired) electrons. The number of esters is 1. The third kappa shape index (κ3) is 4.65. The Labute approximate surface area is 92.8 Å². The van der Waals surface area contributed by atoms with Crippen molar-refractivity contribution in [1.82, 2.24) is 4.90 Å². The molecule has 0 unspecified atom stereocenters. The lowest BCUT2D eigenvalue weighted by Crippen LogP contribution is -2.40. The Balaban J connectivity index is 2.18. The van der Waals surface area contributed by atoms with E-state index in [0.29, 0.717) is 11.8 Å². The molecular formula is C12H23NO2. The quantitative estimate of drug-likeness (QED) is 0.669. The Bertz CT molecular complexity index is 214. The predicted octanol–water partition coefficient (Wildman–Crippen LogP) is 2.06. The molecule has 0 aromatic heterocycles. The molecule has 0 N–H and O–H groups in total. The molecule has 1 saturated heterocycles. The molecule has 0 aliphatic carbocycles. The first-order chi connectivity index (χ1) is 7.03. The third-order valence-corrected chi connectivity index (χ3v) is 3.06. The molecule has 3 nitrogen and oxygen atoms in total. The van der Waals surface area contributed by atoms with Gasteiger partial charge in [0.05, 0.1) is 7.11 Å². The number of hydrogen-bond acceptors (Lipinski definition) is 3. The van der Waals surface area contributed by atoms with Crippen LogP contribution in [-0.2, 0) is 9.53 Å². The zero-order chi connectivity index (χ0) is 11.3. The minimum atomic E-state index is -0.0914. The number of piperidine rings is 1. The highest BCUT2D eigenvalue weighted by Crippen LogP contribution is 2.28. The zero-order valence-corrected chi connectivity index (χ0v) is 10.2. The average molecular weight is 213 g/mol. The summed E-state index contributed by atoms with van der Waals surface area (Å²) in [5, 5.41) is 0. The molecule has 15 heavy (non-hydrogen) atoms. The second-order valence-electron chi connectivity index (χ2n) is 5.22. The van der Waals surface area contributed by atoms with Crippen molar-refractivity contribution >= 4 is 5.97 Å². The van der Waals surface area contributed by atoms with Gasteiger partial charge in [-0.3, -0.25) is 4.79 Å². The van der Waals surface area contributed by atoms with E-state index in [-0.39, 0.29) is 5.97 Å². The molecule has 0 aromatic carbocycles. The van der Waals surface area contributed by atoms with E-state index < -0.39 is 0 Å². The maximum atomic E-state index is 10.9. The third-order valence-electron chi connectivity index (χ3n) is 3.06. The number of rotatable bonds is 4. The molecule has 1 aliphatic heterocycles. The lowest BCUT2D eigenvalue weighted by atomic mass is 9.84. The van der Waals surface area contributed by atoms with Crippen LogP contribution in [0.1, 0.15) is 39.5 Å². The highest BCUT2D eigenvalue weighted by Gasteiger charge is 2.25. The highest BCUT2D eigenvalue weighted by molar-refractivity contribution is 5.69. The van der Waals surface area contributed by atoms with Gasteiger partial charge < -0.3 is 9.64 Å². The summed E-state index contributed by atoms with van der Waals surface area (Å²) < 4.78 is 4.62. The maximum absolute atomic E-state index is 10.9. The number of ether oxygens (including phenoxy) is 1. The van der Waals surface area contributed by atoms with E-state index in [0.717, 1.165) is 19.5 Å². The van der Waals surface area contributed by atoms with Crippen LogP contribution in [0, 0.1) is 5.41 Å². The van der Waals surface area contributed by atoms with Gasteiger partial charge in [0.1, 0.15) is 0 Å². The van der Waals surface area contributed by atoms with E-state index >= 15 is 0 Å². The molecule has 1 aliphatic rings. The Morgan fingerprint density at radius 1 is 1.47 bits per heavy atom. The van der Waals surface area contributed by atoms with Crippen molar-refractivity contribution in [3.63, 3.8) is 0 Å². The fraction of sp³-hybridized carbons (Fsp3) is 0.917. The van der Waals surface area contributed by atoms with Gasteiger partial charge in [-0.25, -0.2) is 0 Å². The molecule has 0 atom stereocenters. The standard InChI is InChI=1S/C12H23NO2/c1-12(2)7-5-9-13(10-12)8-4-6-11(14)15-3/h4-10H2,1-3H3. The largest absolute Gasteiger partial charge is 0.469 e. The van der Waals surface area contributed by atoms with Crippen LogP contribution in [0.2, 0.25) is 0 Å². The van der Waals surface area contributed by atoms with Crippen molar-refractivity contribution in [3.05, 3.63) is 0 Å². The van der Waals surface area contributed by atoms with Crippen LogP contribution < -0.4 is 0 Å². The SMILES string of the molecule is COC(=O)CCCN1CCCC(C)(C)C1. The number of carbonyl (C=O) groups excluding carboxylic acids is 1. The van der Waals surface area contributed by atoms with Crippen molar-refractivity contribution in [2.24, 2.45) is 5.41 Å². The minimum Gasteiger partial charge on any atom is -0.469 e. The van der Waals surface area contributed by atoms with E-state index in [1.165, 1.54) is 26.5 Å². The zero-order valence-electron chi connectivity index (χ0n) is 10.2. The molecule has 1 rings (SSSR count). The van der Waals surface area contributed by atoms with Gasteiger partial charge in [-0.2, -0.15) is 0 Å². The number of hydrogen-bond donors (Lipinski definition) is 0. The molecular weight excluding hydrogens is 190 g/mol. The maximum Gasteiger partial charge on any atom is 0.305 e. The molecule has 88 valence electrons.